The SMILES string of the molecule is CCC(C)C(C(CC(=O)N1CCCC1C(OC)C(C)C(=O)NC(C)Cc1ccccc1)OC)N(C)C(=O)[C@@H](NC(=O)C(C(C)C)N(C)CCOCCOCCOCCON)C(C)C.O=CO. The van der Waals surface area contributed by atoms with Gasteiger partial charge in [0, 0.05) is 40.4 Å². The normalized spacial score (nSPS) is 17.5. The molecule has 1 fully saturated rings. The molecular formula is C48H86N6O12. The smallest absolute Gasteiger partial charge is 0.290 e. The molecule has 18 heteroatoms. The van der Waals surface area contributed by atoms with Crippen molar-refractivity contribution in [1.29, 1.82) is 0 Å². The van der Waals surface area contributed by atoms with Crippen molar-refractivity contribution < 1.29 is 57.6 Å². The van der Waals surface area contributed by atoms with Gasteiger partial charge >= 0.3 is 0 Å². The molecule has 66 heavy (non-hydrogen) atoms. The van der Waals surface area contributed by atoms with Crippen LogP contribution >= 0.6 is 0 Å². The van der Waals surface area contributed by atoms with E-state index in [1.54, 1.807) is 26.2 Å². The number of nitrogens with one attached hydrogen (secondary N) is 2. The summed E-state index contributed by atoms with van der Waals surface area (Å²) < 4.78 is 28.7. The minimum absolute atomic E-state index is 0.0346. The molecule has 1 aromatic rings. The lowest BCUT2D eigenvalue weighted by atomic mass is 9.89. The van der Waals surface area contributed by atoms with Crippen LogP contribution in [0.2, 0.25) is 0 Å². The van der Waals surface area contributed by atoms with Crippen molar-refractivity contribution in [2.75, 3.05) is 87.7 Å². The topological polar surface area (TPSA) is 221 Å². The highest BCUT2D eigenvalue weighted by molar-refractivity contribution is 5.90. The largest absolute Gasteiger partial charge is 0.483 e. The molecule has 5 N–H and O–H groups in total. The van der Waals surface area contributed by atoms with Crippen LogP contribution < -0.4 is 16.5 Å². The maximum atomic E-state index is 14.5. The van der Waals surface area contributed by atoms with Crippen LogP contribution in [0.1, 0.15) is 86.6 Å². The van der Waals surface area contributed by atoms with E-state index >= 15 is 0 Å². The van der Waals surface area contributed by atoms with Gasteiger partial charge in [-0.05, 0) is 56.6 Å². The second kappa shape index (κ2) is 33.7. The van der Waals surface area contributed by atoms with E-state index in [1.165, 1.54) is 0 Å². The molecule has 1 aliphatic rings. The number of likely N-dealkylation sites (tertiary alicyclic amines) is 1. The van der Waals surface area contributed by atoms with E-state index in [2.05, 4.69) is 29.3 Å². The minimum atomic E-state index is -0.814. The fourth-order valence-corrected chi connectivity index (χ4v) is 8.68. The highest BCUT2D eigenvalue weighted by Crippen LogP contribution is 2.30. The first-order valence-corrected chi connectivity index (χ1v) is 23.5. The first-order chi connectivity index (χ1) is 31.4. The van der Waals surface area contributed by atoms with Crippen molar-refractivity contribution in [3.63, 3.8) is 0 Å². The third-order valence-corrected chi connectivity index (χ3v) is 12.3. The molecule has 18 nitrogen and oxygen atoms in total. The Hall–Kier alpha value is -3.75. The number of nitrogens with zero attached hydrogens (tertiary/aromatic N) is 3. The van der Waals surface area contributed by atoms with Gasteiger partial charge in [-0.3, -0.25) is 28.9 Å². The van der Waals surface area contributed by atoms with Gasteiger partial charge in [0.1, 0.15) is 6.04 Å². The number of hydrogen-bond acceptors (Lipinski definition) is 13. The summed E-state index contributed by atoms with van der Waals surface area (Å²) in [5.41, 5.74) is 1.14. The summed E-state index contributed by atoms with van der Waals surface area (Å²) in [4.78, 5) is 74.7. The summed E-state index contributed by atoms with van der Waals surface area (Å²) in [6, 6.07) is 7.88. The fourth-order valence-electron chi connectivity index (χ4n) is 8.68. The van der Waals surface area contributed by atoms with Crippen LogP contribution in [-0.2, 0) is 58.9 Å². The number of rotatable bonds is 32. The maximum absolute atomic E-state index is 14.5. The Labute approximate surface area is 395 Å². The molecule has 0 bridgehead atoms. The molecule has 0 aromatic heterocycles. The summed E-state index contributed by atoms with van der Waals surface area (Å²) in [6.45, 7) is 19.4. The molecule has 1 heterocycles. The van der Waals surface area contributed by atoms with Crippen LogP contribution in [0.3, 0.4) is 0 Å². The Morgan fingerprint density at radius 1 is 0.848 bits per heavy atom. The fraction of sp³-hybridized carbons (Fsp3) is 0.771. The van der Waals surface area contributed by atoms with Crippen LogP contribution in [0.25, 0.3) is 0 Å². The first-order valence-electron chi connectivity index (χ1n) is 23.5. The zero-order chi connectivity index (χ0) is 49.8. The quantitative estimate of drug-likeness (QED) is 0.0463. The number of carbonyl (C=O) groups is 5. The third-order valence-electron chi connectivity index (χ3n) is 12.3. The second-order valence-corrected chi connectivity index (χ2v) is 17.9. The number of likely N-dealkylation sites (N-methyl/N-ethyl adjacent to an activating group) is 2. The van der Waals surface area contributed by atoms with Crippen molar-refractivity contribution in [2.24, 2.45) is 29.6 Å². The standard InChI is InChI=1S/C47H84N6O10.CH2O2/c1-13-34(6)43(39(58-11)31-40(54)53-21-17-20-38(53)44(59-12)36(8)45(55)49-35(7)30-37-18-15-14-16-19-37)52(10)47(57)41(32(2)3)50-46(56)42(33(4)5)51(9)22-23-60-24-25-61-26-27-62-28-29-63-48;2-1-3/h14-16,18-19,32-36,38-39,41-44H,13,17,20-31,48H2,1-12H3,(H,49,55)(H,50,56);1H,(H,2,3)/t34?,35?,36?,38?,39?,41-,42?,43?,44?;/m0./s1. The lowest BCUT2D eigenvalue weighted by Crippen LogP contribution is -2.60. The van der Waals surface area contributed by atoms with Gasteiger partial charge in [-0.2, -0.15) is 0 Å². The van der Waals surface area contributed by atoms with Gasteiger partial charge in [-0.25, -0.2) is 5.90 Å². The number of ether oxygens (including phenoxy) is 5. The molecule has 1 aliphatic heterocycles. The summed E-state index contributed by atoms with van der Waals surface area (Å²) in [6.07, 6.45) is 1.84. The molecule has 0 aliphatic carbocycles. The Balaban J connectivity index is 0.00000705. The van der Waals surface area contributed by atoms with E-state index in [9.17, 15) is 19.2 Å². The molecule has 1 aromatic carbocycles. The number of methoxy groups -OCH3 is 2. The molecule has 0 radical (unpaired) electrons. The van der Waals surface area contributed by atoms with Crippen LogP contribution in [0.5, 0.6) is 0 Å². The van der Waals surface area contributed by atoms with Crippen LogP contribution in [0.15, 0.2) is 30.3 Å². The predicted molar refractivity (Wildman–Crippen MR) is 253 cm³/mol. The highest BCUT2D eigenvalue weighted by atomic mass is 16.6. The molecule has 8 unspecified atom stereocenters. The molecule has 4 amide bonds. The van der Waals surface area contributed by atoms with Gasteiger partial charge in [0.05, 0.1) is 88.9 Å². The number of amides is 4. The van der Waals surface area contributed by atoms with Gasteiger partial charge in [0.2, 0.25) is 23.6 Å². The molecule has 0 spiro atoms. The Kier molecular flexibility index (Phi) is 30.8. The number of nitrogens with two attached hydrogens (primary N) is 1. The van der Waals surface area contributed by atoms with Gasteiger partial charge in [-0.15, -0.1) is 0 Å². The van der Waals surface area contributed by atoms with Crippen molar-refractivity contribution in [3.8, 4) is 0 Å². The van der Waals surface area contributed by atoms with E-state index in [0.717, 1.165) is 18.4 Å². The zero-order valence-corrected chi connectivity index (χ0v) is 42.1. The minimum Gasteiger partial charge on any atom is -0.483 e. The lowest BCUT2D eigenvalue weighted by Gasteiger charge is -2.41. The monoisotopic (exact) mass is 939 g/mol. The Morgan fingerprint density at radius 2 is 1.42 bits per heavy atom. The number of carbonyl (C=O) groups excluding carboxylic acids is 4. The van der Waals surface area contributed by atoms with Crippen molar-refractivity contribution in [3.05, 3.63) is 35.9 Å². The zero-order valence-electron chi connectivity index (χ0n) is 42.1. The van der Waals surface area contributed by atoms with Gasteiger partial charge in [0.25, 0.3) is 6.47 Å². The third kappa shape index (κ3) is 20.6. The van der Waals surface area contributed by atoms with E-state index in [-0.39, 0.29) is 66.4 Å². The van der Waals surface area contributed by atoms with Gasteiger partial charge in [0.15, 0.2) is 0 Å². The van der Waals surface area contributed by atoms with Crippen LogP contribution in [-0.4, -0.2) is 180 Å². The second-order valence-electron chi connectivity index (χ2n) is 17.9. The highest BCUT2D eigenvalue weighted by Gasteiger charge is 2.43. The van der Waals surface area contributed by atoms with Gasteiger partial charge < -0.3 is 54.1 Å². The van der Waals surface area contributed by atoms with Crippen molar-refractivity contribution >= 4 is 30.1 Å². The average molecular weight is 939 g/mol. The summed E-state index contributed by atoms with van der Waals surface area (Å²) in [5.74, 6) is 3.46. The molecular weight excluding hydrogens is 853 g/mol. The van der Waals surface area contributed by atoms with Crippen LogP contribution in [0.4, 0.5) is 0 Å². The summed E-state index contributed by atoms with van der Waals surface area (Å²) in [5, 5.41) is 13.1. The number of hydrogen-bond donors (Lipinski definition) is 4. The van der Waals surface area contributed by atoms with E-state index in [0.29, 0.717) is 72.2 Å². The molecule has 0 saturated carbocycles. The average Bonchev–Trinajstić information content (AvgIpc) is 3.77. The number of carboxylic acid groups (broad SMARTS) is 1. The lowest BCUT2D eigenvalue weighted by molar-refractivity contribution is -0.148. The predicted octanol–water partition coefficient (Wildman–Crippen LogP) is 3.39. The summed E-state index contributed by atoms with van der Waals surface area (Å²) in [7, 11) is 6.80. The molecule has 2 rings (SSSR count). The van der Waals surface area contributed by atoms with E-state index in [4.69, 9.17) is 39.5 Å². The maximum Gasteiger partial charge on any atom is 0.290 e. The Morgan fingerprint density at radius 3 is 1.94 bits per heavy atom. The van der Waals surface area contributed by atoms with E-state index in [1.807, 2.05) is 88.7 Å². The van der Waals surface area contributed by atoms with E-state index < -0.39 is 36.3 Å². The van der Waals surface area contributed by atoms with Crippen molar-refractivity contribution in [2.45, 2.75) is 130 Å². The number of benzene rings is 1. The Bertz CT molecular complexity index is 1510. The first kappa shape index (κ1) is 60.3. The summed E-state index contributed by atoms with van der Waals surface area (Å²) >= 11 is 0. The van der Waals surface area contributed by atoms with Gasteiger partial charge in [-0.1, -0.05) is 85.2 Å². The van der Waals surface area contributed by atoms with Crippen LogP contribution in [0, 0.1) is 23.7 Å². The molecule has 9 atom stereocenters. The molecule has 1 saturated heterocycles. The molecule has 380 valence electrons. The van der Waals surface area contributed by atoms with Crippen molar-refractivity contribution in [1.82, 2.24) is 25.3 Å².